The van der Waals surface area contributed by atoms with Gasteiger partial charge in [0.1, 0.15) is 6.26 Å². The van der Waals surface area contributed by atoms with Crippen LogP contribution in [0.1, 0.15) is 14.5 Å². The van der Waals surface area contributed by atoms with E-state index in [1.165, 1.54) is 29.4 Å². The molecular formula is C9H9N3O2S2. The number of amides is 1. The first-order chi connectivity index (χ1) is 7.79. The van der Waals surface area contributed by atoms with E-state index >= 15 is 0 Å². The lowest BCUT2D eigenvalue weighted by molar-refractivity contribution is 0.0957. The van der Waals surface area contributed by atoms with Crippen LogP contribution in [0.2, 0.25) is 0 Å². The molecule has 0 saturated heterocycles. The number of carbonyl (C=O) groups excluding carboxylic acids is 1. The van der Waals surface area contributed by atoms with Gasteiger partial charge in [0.15, 0.2) is 0 Å². The minimum Gasteiger partial charge on any atom is -0.440 e. The van der Waals surface area contributed by atoms with Crippen LogP contribution in [-0.2, 0) is 5.75 Å². The van der Waals surface area contributed by atoms with E-state index in [0.29, 0.717) is 10.1 Å². The highest BCUT2D eigenvalue weighted by Gasteiger charge is 2.08. The van der Waals surface area contributed by atoms with Gasteiger partial charge in [-0.15, -0.1) is 11.3 Å². The van der Waals surface area contributed by atoms with Gasteiger partial charge in [-0.2, -0.15) is 0 Å². The quantitative estimate of drug-likeness (QED) is 0.375. The van der Waals surface area contributed by atoms with Gasteiger partial charge in [0.05, 0.1) is 11.1 Å². The van der Waals surface area contributed by atoms with Crippen molar-refractivity contribution in [1.29, 1.82) is 0 Å². The summed E-state index contributed by atoms with van der Waals surface area (Å²) in [5.41, 5.74) is 2.10. The fourth-order valence-electron chi connectivity index (χ4n) is 1.06. The summed E-state index contributed by atoms with van der Waals surface area (Å²) in [5.74, 6) is 5.50. The third kappa shape index (κ3) is 2.63. The predicted molar refractivity (Wildman–Crippen MR) is 62.0 cm³/mol. The highest BCUT2D eigenvalue weighted by atomic mass is 32.2. The van der Waals surface area contributed by atoms with E-state index in [-0.39, 0.29) is 5.91 Å². The van der Waals surface area contributed by atoms with E-state index in [2.05, 4.69) is 10.4 Å². The van der Waals surface area contributed by atoms with Gasteiger partial charge in [0.2, 0.25) is 0 Å². The Labute approximate surface area is 100 Å². The molecule has 0 bridgehead atoms. The number of aromatic nitrogens is 1. The normalized spacial score (nSPS) is 10.3. The molecule has 0 aliphatic carbocycles. The van der Waals surface area contributed by atoms with Crippen LogP contribution in [0.5, 0.6) is 0 Å². The van der Waals surface area contributed by atoms with Crippen molar-refractivity contribution in [3.05, 3.63) is 34.3 Å². The van der Waals surface area contributed by atoms with Gasteiger partial charge in [-0.3, -0.25) is 10.2 Å². The van der Waals surface area contributed by atoms with Gasteiger partial charge >= 0.3 is 0 Å². The highest BCUT2D eigenvalue weighted by molar-refractivity contribution is 7.98. The van der Waals surface area contributed by atoms with Crippen LogP contribution in [0, 0.1) is 0 Å². The molecule has 3 N–H and O–H groups in total. The Morgan fingerprint density at radius 1 is 1.62 bits per heavy atom. The molecular weight excluding hydrogens is 246 g/mol. The minimum atomic E-state index is -0.266. The van der Waals surface area contributed by atoms with Crippen molar-refractivity contribution in [3.8, 4) is 0 Å². The first-order valence-electron chi connectivity index (χ1n) is 4.41. The smallest absolute Gasteiger partial charge is 0.275 e. The van der Waals surface area contributed by atoms with E-state index in [4.69, 9.17) is 10.3 Å². The highest BCUT2D eigenvalue weighted by Crippen LogP contribution is 2.25. The van der Waals surface area contributed by atoms with Gasteiger partial charge in [0, 0.05) is 10.6 Å². The number of rotatable bonds is 4. The molecule has 0 aliphatic heterocycles. The van der Waals surface area contributed by atoms with Crippen molar-refractivity contribution < 1.29 is 9.21 Å². The van der Waals surface area contributed by atoms with E-state index in [1.807, 2.05) is 6.07 Å². The molecule has 2 aromatic rings. The van der Waals surface area contributed by atoms with Crippen molar-refractivity contribution in [2.45, 2.75) is 11.0 Å². The molecule has 0 fully saturated rings. The summed E-state index contributed by atoms with van der Waals surface area (Å²) in [6.45, 7) is 0. The Kier molecular flexibility index (Phi) is 3.60. The van der Waals surface area contributed by atoms with E-state index < -0.39 is 0 Å². The molecule has 0 atom stereocenters. The van der Waals surface area contributed by atoms with Gasteiger partial charge in [-0.05, 0) is 12.1 Å². The Morgan fingerprint density at radius 3 is 3.19 bits per heavy atom. The van der Waals surface area contributed by atoms with E-state index in [9.17, 15) is 4.79 Å². The number of nitrogen functional groups attached to an aromatic ring is 1. The average Bonchev–Trinajstić information content (AvgIpc) is 2.96. The minimum absolute atomic E-state index is 0.266. The van der Waals surface area contributed by atoms with Crippen LogP contribution in [0.15, 0.2) is 34.2 Å². The second-order valence-corrected chi connectivity index (χ2v) is 4.92. The first kappa shape index (κ1) is 11.2. The Morgan fingerprint density at radius 2 is 2.50 bits per heavy atom. The summed E-state index contributed by atoms with van der Waals surface area (Å²) in [5, 5.41) is 0.623. The van der Waals surface area contributed by atoms with Crippen molar-refractivity contribution >= 4 is 29.0 Å². The van der Waals surface area contributed by atoms with Crippen LogP contribution in [0.4, 0.5) is 0 Å². The zero-order valence-corrected chi connectivity index (χ0v) is 9.81. The SMILES string of the molecule is NNC(=O)c1ccc(CSc2ncco2)s1. The largest absolute Gasteiger partial charge is 0.440 e. The molecule has 5 nitrogen and oxygen atoms in total. The molecule has 7 heteroatoms. The maximum atomic E-state index is 11.2. The number of oxazole rings is 1. The number of hydrogen-bond donors (Lipinski definition) is 2. The number of thioether (sulfide) groups is 1. The number of thiophene rings is 1. The van der Waals surface area contributed by atoms with Crippen molar-refractivity contribution in [2.24, 2.45) is 5.84 Å². The van der Waals surface area contributed by atoms with Crippen LogP contribution >= 0.6 is 23.1 Å². The third-order valence-electron chi connectivity index (χ3n) is 1.76. The molecule has 0 aliphatic rings. The number of nitrogens with zero attached hydrogens (tertiary/aromatic N) is 1. The molecule has 0 spiro atoms. The van der Waals surface area contributed by atoms with Crippen LogP contribution in [-0.4, -0.2) is 10.9 Å². The topological polar surface area (TPSA) is 81.1 Å². The molecule has 2 rings (SSSR count). The monoisotopic (exact) mass is 255 g/mol. The second-order valence-electron chi connectivity index (χ2n) is 2.83. The van der Waals surface area contributed by atoms with Crippen LogP contribution in [0.25, 0.3) is 0 Å². The molecule has 0 radical (unpaired) electrons. The fourth-order valence-corrected chi connectivity index (χ4v) is 2.80. The Bertz CT molecular complexity index is 467. The fraction of sp³-hybridized carbons (Fsp3) is 0.111. The number of carbonyl (C=O) groups is 1. The van der Waals surface area contributed by atoms with Gasteiger partial charge < -0.3 is 4.42 Å². The summed E-state index contributed by atoms with van der Waals surface area (Å²) in [6, 6.07) is 3.64. The van der Waals surface area contributed by atoms with Crippen LogP contribution in [0.3, 0.4) is 0 Å². The number of nitrogens with one attached hydrogen (secondary N) is 1. The first-order valence-corrected chi connectivity index (χ1v) is 6.22. The summed E-state index contributed by atoms with van der Waals surface area (Å²) < 4.78 is 5.09. The van der Waals surface area contributed by atoms with Crippen molar-refractivity contribution in [3.63, 3.8) is 0 Å². The maximum Gasteiger partial charge on any atom is 0.275 e. The summed E-state index contributed by atoms with van der Waals surface area (Å²) in [4.78, 5) is 16.9. The van der Waals surface area contributed by atoms with Crippen molar-refractivity contribution in [2.75, 3.05) is 0 Å². The lowest BCUT2D eigenvalue weighted by Crippen LogP contribution is -2.29. The number of nitrogens with two attached hydrogens (primary N) is 1. The van der Waals surface area contributed by atoms with Crippen molar-refractivity contribution in [1.82, 2.24) is 10.4 Å². The molecule has 2 aromatic heterocycles. The van der Waals surface area contributed by atoms with Crippen LogP contribution < -0.4 is 11.3 Å². The number of hydrazine groups is 1. The number of hydrogen-bond acceptors (Lipinski definition) is 6. The Balaban J connectivity index is 1.95. The second kappa shape index (κ2) is 5.15. The Hall–Kier alpha value is -1.31. The average molecular weight is 255 g/mol. The van der Waals surface area contributed by atoms with Gasteiger partial charge in [-0.1, -0.05) is 11.8 Å². The third-order valence-corrected chi connectivity index (χ3v) is 3.93. The molecule has 84 valence electrons. The van der Waals surface area contributed by atoms with Gasteiger partial charge in [-0.25, -0.2) is 10.8 Å². The molecule has 0 aromatic carbocycles. The zero-order valence-electron chi connectivity index (χ0n) is 8.17. The standard InChI is InChI=1S/C9H9N3O2S2/c10-12-8(13)7-2-1-6(16-7)5-15-9-11-3-4-14-9/h1-4H,5,10H2,(H,12,13). The molecule has 0 saturated carbocycles. The van der Waals surface area contributed by atoms with E-state index in [1.54, 1.807) is 12.3 Å². The summed E-state index contributed by atoms with van der Waals surface area (Å²) in [7, 11) is 0. The molecule has 2 heterocycles. The predicted octanol–water partition coefficient (Wildman–Crippen LogP) is 1.63. The van der Waals surface area contributed by atoms with Gasteiger partial charge in [0.25, 0.3) is 11.1 Å². The lowest BCUT2D eigenvalue weighted by atomic mass is 10.4. The summed E-state index contributed by atoms with van der Waals surface area (Å²) >= 11 is 2.89. The maximum absolute atomic E-state index is 11.2. The molecule has 0 unspecified atom stereocenters. The zero-order chi connectivity index (χ0) is 11.4. The lowest BCUT2D eigenvalue weighted by Gasteiger charge is -1.94. The molecule has 16 heavy (non-hydrogen) atoms. The summed E-state index contributed by atoms with van der Waals surface area (Å²) in [6.07, 6.45) is 3.13. The molecule has 1 amide bonds. The van der Waals surface area contributed by atoms with E-state index in [0.717, 1.165) is 10.6 Å².